The molecule has 2 heterocycles. The Labute approximate surface area is 165 Å². The minimum Gasteiger partial charge on any atom is -0.481 e. The molecule has 7 heteroatoms. The van der Waals surface area contributed by atoms with Crippen molar-refractivity contribution in [1.82, 2.24) is 10.2 Å². The number of aliphatic carboxylic acids is 1. The van der Waals surface area contributed by atoms with Gasteiger partial charge in [0.25, 0.3) is 11.8 Å². The number of likely N-dealkylation sites (tertiary alicyclic amines) is 1. The van der Waals surface area contributed by atoms with E-state index in [0.29, 0.717) is 43.9 Å². The summed E-state index contributed by atoms with van der Waals surface area (Å²) in [5, 5.41) is 12.6. The molecule has 28 heavy (non-hydrogen) atoms. The van der Waals surface area contributed by atoms with Crippen LogP contribution in [0.5, 0.6) is 0 Å². The third kappa shape index (κ3) is 4.04. The minimum absolute atomic E-state index is 0.0120. The molecule has 2 amide bonds. The van der Waals surface area contributed by atoms with E-state index in [2.05, 4.69) is 5.32 Å². The molecular weight excluding hydrogens is 360 g/mol. The summed E-state index contributed by atoms with van der Waals surface area (Å²) in [4.78, 5) is 38.6. The second-order valence-corrected chi connectivity index (χ2v) is 8.99. The SMILES string of the molecule is CC(C)(C)CNC(=O)c1ccc(C(=O)N2C[C@H]3COCC[C@@]3(C(=O)O)C2)cc1. The molecule has 7 nitrogen and oxygen atoms in total. The van der Waals surface area contributed by atoms with Gasteiger partial charge in [-0.3, -0.25) is 14.4 Å². The Morgan fingerprint density at radius 3 is 2.43 bits per heavy atom. The van der Waals surface area contributed by atoms with Crippen molar-refractivity contribution in [2.75, 3.05) is 32.8 Å². The van der Waals surface area contributed by atoms with Crippen LogP contribution in [-0.4, -0.2) is 60.6 Å². The normalized spacial score (nSPS) is 24.5. The molecule has 2 fully saturated rings. The van der Waals surface area contributed by atoms with E-state index in [1.165, 1.54) is 0 Å². The molecule has 0 saturated carbocycles. The van der Waals surface area contributed by atoms with Crippen LogP contribution in [0.3, 0.4) is 0 Å². The maximum atomic E-state index is 12.9. The van der Waals surface area contributed by atoms with Crippen molar-refractivity contribution < 1.29 is 24.2 Å². The number of carboxylic acids is 1. The number of carbonyl (C=O) groups excluding carboxylic acids is 2. The number of benzene rings is 1. The zero-order valence-electron chi connectivity index (χ0n) is 16.7. The van der Waals surface area contributed by atoms with Gasteiger partial charge in [0.2, 0.25) is 0 Å². The fourth-order valence-electron chi connectivity index (χ4n) is 3.85. The number of amides is 2. The lowest BCUT2D eigenvalue weighted by atomic mass is 9.74. The summed E-state index contributed by atoms with van der Waals surface area (Å²) in [5.74, 6) is -1.44. The molecule has 1 aromatic rings. The van der Waals surface area contributed by atoms with E-state index in [1.807, 2.05) is 20.8 Å². The molecule has 0 radical (unpaired) electrons. The lowest BCUT2D eigenvalue weighted by Crippen LogP contribution is -2.45. The first-order valence-electron chi connectivity index (χ1n) is 9.61. The molecule has 2 atom stereocenters. The number of nitrogens with one attached hydrogen (secondary N) is 1. The predicted octanol–water partition coefficient (Wildman–Crippen LogP) is 2.03. The molecule has 1 aromatic carbocycles. The van der Waals surface area contributed by atoms with E-state index >= 15 is 0 Å². The van der Waals surface area contributed by atoms with Crippen LogP contribution in [0.15, 0.2) is 24.3 Å². The van der Waals surface area contributed by atoms with Crippen molar-refractivity contribution in [3.8, 4) is 0 Å². The molecule has 2 saturated heterocycles. The number of nitrogens with zero attached hydrogens (tertiary/aromatic N) is 1. The summed E-state index contributed by atoms with van der Waals surface area (Å²) in [6, 6.07) is 6.51. The Morgan fingerprint density at radius 2 is 1.86 bits per heavy atom. The monoisotopic (exact) mass is 388 g/mol. The Morgan fingerprint density at radius 1 is 1.21 bits per heavy atom. The zero-order chi connectivity index (χ0) is 20.5. The van der Waals surface area contributed by atoms with Crippen molar-refractivity contribution >= 4 is 17.8 Å². The fraction of sp³-hybridized carbons (Fsp3) is 0.571. The average molecular weight is 388 g/mol. The zero-order valence-corrected chi connectivity index (χ0v) is 16.7. The lowest BCUT2D eigenvalue weighted by Gasteiger charge is -2.33. The van der Waals surface area contributed by atoms with Gasteiger partial charge >= 0.3 is 5.97 Å². The standard InChI is InChI=1S/C21H28N2O5/c1-20(2,3)12-22-17(24)14-4-6-15(7-5-14)18(25)23-10-16-11-28-9-8-21(16,13-23)19(26)27/h4-7,16H,8-13H2,1-3H3,(H,22,24)(H,26,27)/t16-,21+/m0/s1. The van der Waals surface area contributed by atoms with Crippen molar-refractivity contribution in [1.29, 1.82) is 0 Å². The predicted molar refractivity (Wildman–Crippen MR) is 103 cm³/mol. The number of hydrogen-bond donors (Lipinski definition) is 2. The number of fused-ring (bicyclic) bond motifs is 1. The van der Waals surface area contributed by atoms with Gasteiger partial charge in [0.1, 0.15) is 0 Å². The molecule has 0 aromatic heterocycles. The summed E-state index contributed by atoms with van der Waals surface area (Å²) < 4.78 is 5.44. The van der Waals surface area contributed by atoms with Crippen LogP contribution in [0.2, 0.25) is 0 Å². The maximum Gasteiger partial charge on any atom is 0.311 e. The summed E-state index contributed by atoms with van der Waals surface area (Å²) in [5.41, 5.74) is 0.0153. The first kappa shape index (κ1) is 20.3. The van der Waals surface area contributed by atoms with E-state index in [0.717, 1.165) is 0 Å². The van der Waals surface area contributed by atoms with Crippen molar-refractivity contribution in [3.05, 3.63) is 35.4 Å². The average Bonchev–Trinajstić information content (AvgIpc) is 3.06. The molecule has 3 rings (SSSR count). The van der Waals surface area contributed by atoms with Crippen molar-refractivity contribution in [2.45, 2.75) is 27.2 Å². The van der Waals surface area contributed by atoms with Gasteiger partial charge in [0.15, 0.2) is 0 Å². The van der Waals surface area contributed by atoms with Crippen molar-refractivity contribution in [3.63, 3.8) is 0 Å². The van der Waals surface area contributed by atoms with Crippen LogP contribution >= 0.6 is 0 Å². The van der Waals surface area contributed by atoms with Gasteiger partial charge in [-0.15, -0.1) is 0 Å². The minimum atomic E-state index is -0.916. The highest BCUT2D eigenvalue weighted by Crippen LogP contribution is 2.42. The van der Waals surface area contributed by atoms with Crippen LogP contribution in [0.1, 0.15) is 47.9 Å². The van der Waals surface area contributed by atoms with Crippen molar-refractivity contribution in [2.24, 2.45) is 16.7 Å². The molecule has 0 spiro atoms. The van der Waals surface area contributed by atoms with Gasteiger partial charge in [-0.25, -0.2) is 0 Å². The number of hydrogen-bond acceptors (Lipinski definition) is 4. The first-order chi connectivity index (χ1) is 13.1. The number of carboxylic acid groups (broad SMARTS) is 1. The smallest absolute Gasteiger partial charge is 0.311 e. The molecule has 2 aliphatic heterocycles. The second kappa shape index (κ2) is 7.54. The molecule has 152 valence electrons. The van der Waals surface area contributed by atoms with Crippen LogP contribution in [0, 0.1) is 16.7 Å². The number of carbonyl (C=O) groups is 3. The highest BCUT2D eigenvalue weighted by Gasteiger charge is 2.54. The summed E-state index contributed by atoms with van der Waals surface area (Å²) in [6.07, 6.45) is 0.420. The molecule has 0 unspecified atom stereocenters. The van der Waals surface area contributed by atoms with Gasteiger partial charge in [0.05, 0.1) is 12.0 Å². The second-order valence-electron chi connectivity index (χ2n) is 8.99. The van der Waals surface area contributed by atoms with E-state index in [-0.39, 0.29) is 29.7 Å². The first-order valence-corrected chi connectivity index (χ1v) is 9.61. The summed E-state index contributed by atoms with van der Waals surface area (Å²) >= 11 is 0. The van der Waals surface area contributed by atoms with Gasteiger partial charge in [-0.05, 0) is 36.1 Å². The molecule has 0 bridgehead atoms. The Bertz CT molecular complexity index is 768. The molecule has 2 N–H and O–H groups in total. The Kier molecular flexibility index (Phi) is 5.48. The van der Waals surface area contributed by atoms with E-state index in [9.17, 15) is 19.5 Å². The van der Waals surface area contributed by atoms with Crippen LogP contribution in [0.4, 0.5) is 0 Å². The van der Waals surface area contributed by atoms with E-state index in [4.69, 9.17) is 4.74 Å². The maximum absolute atomic E-state index is 12.9. The largest absolute Gasteiger partial charge is 0.481 e. The molecular formula is C21H28N2O5. The van der Waals surface area contributed by atoms with Crippen LogP contribution < -0.4 is 5.32 Å². The third-order valence-electron chi connectivity index (χ3n) is 5.59. The molecule has 2 aliphatic rings. The Balaban J connectivity index is 1.68. The highest BCUT2D eigenvalue weighted by molar-refractivity contribution is 5.98. The fourth-order valence-corrected chi connectivity index (χ4v) is 3.85. The quantitative estimate of drug-likeness (QED) is 0.823. The summed E-state index contributed by atoms with van der Waals surface area (Å²) in [6.45, 7) is 8.02. The van der Waals surface area contributed by atoms with Gasteiger partial charge in [-0.2, -0.15) is 0 Å². The van der Waals surface area contributed by atoms with Gasteiger partial charge in [0, 0.05) is 43.3 Å². The van der Waals surface area contributed by atoms with E-state index < -0.39 is 11.4 Å². The van der Waals surface area contributed by atoms with Gasteiger partial charge < -0.3 is 20.1 Å². The number of rotatable bonds is 4. The third-order valence-corrected chi connectivity index (χ3v) is 5.59. The van der Waals surface area contributed by atoms with Crippen LogP contribution in [-0.2, 0) is 9.53 Å². The topological polar surface area (TPSA) is 95.9 Å². The van der Waals surface area contributed by atoms with Crippen LogP contribution in [0.25, 0.3) is 0 Å². The lowest BCUT2D eigenvalue weighted by molar-refractivity contribution is -0.157. The number of ether oxygens (including phenoxy) is 1. The highest BCUT2D eigenvalue weighted by atomic mass is 16.5. The molecule has 0 aliphatic carbocycles. The van der Waals surface area contributed by atoms with Gasteiger partial charge in [-0.1, -0.05) is 20.8 Å². The Hall–Kier alpha value is -2.41. The van der Waals surface area contributed by atoms with E-state index in [1.54, 1.807) is 29.2 Å². The summed E-state index contributed by atoms with van der Waals surface area (Å²) in [7, 11) is 0.